The lowest BCUT2D eigenvalue weighted by Crippen LogP contribution is -2.17. The summed E-state index contributed by atoms with van der Waals surface area (Å²) in [6, 6.07) is 7.75. The van der Waals surface area contributed by atoms with Crippen molar-refractivity contribution in [3.05, 3.63) is 34.9 Å². The van der Waals surface area contributed by atoms with Crippen molar-refractivity contribution < 1.29 is 0 Å². The van der Waals surface area contributed by atoms with Crippen molar-refractivity contribution in [1.82, 2.24) is 5.32 Å². The summed E-state index contributed by atoms with van der Waals surface area (Å²) < 4.78 is 0. The predicted molar refractivity (Wildman–Crippen MR) is 69.9 cm³/mol. The van der Waals surface area contributed by atoms with Gasteiger partial charge in [-0.15, -0.1) is 0 Å². The monoisotopic (exact) mass is 217 g/mol. The van der Waals surface area contributed by atoms with Gasteiger partial charge in [0.25, 0.3) is 0 Å². The molecule has 0 aromatic heterocycles. The van der Waals surface area contributed by atoms with Crippen molar-refractivity contribution in [3.63, 3.8) is 0 Å². The quantitative estimate of drug-likeness (QED) is 0.720. The SMILES string of the molecule is Cc1cc(C)cc(CCCCNC2CC2)c1. The Morgan fingerprint density at radius 2 is 1.75 bits per heavy atom. The third-order valence-corrected chi connectivity index (χ3v) is 3.18. The molecule has 0 aliphatic heterocycles. The third kappa shape index (κ3) is 3.97. The van der Waals surface area contributed by atoms with E-state index in [2.05, 4.69) is 37.4 Å². The fourth-order valence-electron chi connectivity index (χ4n) is 2.26. The highest BCUT2D eigenvalue weighted by molar-refractivity contribution is 5.28. The van der Waals surface area contributed by atoms with E-state index in [0.29, 0.717) is 0 Å². The summed E-state index contributed by atoms with van der Waals surface area (Å²) in [6.45, 7) is 5.58. The van der Waals surface area contributed by atoms with Gasteiger partial charge in [-0.3, -0.25) is 0 Å². The highest BCUT2D eigenvalue weighted by Gasteiger charge is 2.19. The molecule has 1 N–H and O–H groups in total. The van der Waals surface area contributed by atoms with Gasteiger partial charge in [0, 0.05) is 6.04 Å². The lowest BCUT2D eigenvalue weighted by atomic mass is 10.0. The number of aryl methyl sites for hydroxylation is 3. The minimum Gasteiger partial charge on any atom is -0.314 e. The molecule has 0 amide bonds. The Balaban J connectivity index is 1.67. The normalized spacial score (nSPS) is 15.4. The van der Waals surface area contributed by atoms with Gasteiger partial charge in [0.2, 0.25) is 0 Å². The Morgan fingerprint density at radius 1 is 1.06 bits per heavy atom. The van der Waals surface area contributed by atoms with E-state index in [4.69, 9.17) is 0 Å². The van der Waals surface area contributed by atoms with Crippen LogP contribution >= 0.6 is 0 Å². The summed E-state index contributed by atoms with van der Waals surface area (Å²) in [5.41, 5.74) is 4.29. The molecule has 1 nitrogen and oxygen atoms in total. The number of hydrogen-bond donors (Lipinski definition) is 1. The third-order valence-electron chi connectivity index (χ3n) is 3.18. The van der Waals surface area contributed by atoms with E-state index >= 15 is 0 Å². The summed E-state index contributed by atoms with van der Waals surface area (Å²) in [5.74, 6) is 0. The molecule has 0 saturated heterocycles. The molecule has 0 heterocycles. The van der Waals surface area contributed by atoms with E-state index < -0.39 is 0 Å². The second-order valence-electron chi connectivity index (χ2n) is 5.18. The molecule has 0 unspecified atom stereocenters. The molecule has 16 heavy (non-hydrogen) atoms. The molecule has 0 atom stereocenters. The maximum Gasteiger partial charge on any atom is 0.00682 e. The topological polar surface area (TPSA) is 12.0 Å². The molecular weight excluding hydrogens is 194 g/mol. The lowest BCUT2D eigenvalue weighted by Gasteiger charge is -2.05. The Bertz CT molecular complexity index is 319. The smallest absolute Gasteiger partial charge is 0.00682 e. The Kier molecular flexibility index (Phi) is 4.00. The average Bonchev–Trinajstić information content (AvgIpc) is 2.99. The molecule has 2 rings (SSSR count). The molecule has 0 radical (unpaired) electrons. The standard InChI is InChI=1S/C15H23N/c1-12-9-13(2)11-14(10-12)5-3-4-8-16-15-6-7-15/h9-11,15-16H,3-8H2,1-2H3. The van der Waals surface area contributed by atoms with Gasteiger partial charge in [-0.25, -0.2) is 0 Å². The van der Waals surface area contributed by atoms with Crippen LogP contribution in [-0.4, -0.2) is 12.6 Å². The molecule has 1 aromatic rings. The molecule has 0 spiro atoms. The highest BCUT2D eigenvalue weighted by Crippen LogP contribution is 2.18. The van der Waals surface area contributed by atoms with Crippen molar-refractivity contribution >= 4 is 0 Å². The van der Waals surface area contributed by atoms with Gasteiger partial charge in [-0.2, -0.15) is 0 Å². The minimum atomic E-state index is 0.862. The van der Waals surface area contributed by atoms with E-state index in [1.807, 2.05) is 0 Å². The minimum absolute atomic E-state index is 0.862. The second-order valence-corrected chi connectivity index (χ2v) is 5.18. The Labute approximate surface area is 99.3 Å². The van der Waals surface area contributed by atoms with Gasteiger partial charge in [0.1, 0.15) is 0 Å². The van der Waals surface area contributed by atoms with Crippen molar-refractivity contribution in [2.24, 2.45) is 0 Å². The van der Waals surface area contributed by atoms with Crippen LogP contribution in [-0.2, 0) is 6.42 Å². The summed E-state index contributed by atoms with van der Waals surface area (Å²) in [5, 5.41) is 3.57. The summed E-state index contributed by atoms with van der Waals surface area (Å²) >= 11 is 0. The van der Waals surface area contributed by atoms with Gasteiger partial charge < -0.3 is 5.32 Å². The molecule has 0 bridgehead atoms. The Morgan fingerprint density at radius 3 is 2.38 bits per heavy atom. The molecular formula is C15H23N. The maximum atomic E-state index is 3.57. The number of nitrogens with one attached hydrogen (secondary N) is 1. The van der Waals surface area contributed by atoms with Gasteiger partial charge in [0.05, 0.1) is 0 Å². The van der Waals surface area contributed by atoms with Crippen molar-refractivity contribution in [1.29, 1.82) is 0 Å². The van der Waals surface area contributed by atoms with Crippen LogP contribution in [0.5, 0.6) is 0 Å². The van der Waals surface area contributed by atoms with Crippen LogP contribution < -0.4 is 5.32 Å². The molecule has 88 valence electrons. The number of benzene rings is 1. The van der Waals surface area contributed by atoms with E-state index in [1.165, 1.54) is 55.3 Å². The van der Waals surface area contributed by atoms with Gasteiger partial charge in [0.15, 0.2) is 0 Å². The summed E-state index contributed by atoms with van der Waals surface area (Å²) in [7, 11) is 0. The highest BCUT2D eigenvalue weighted by atomic mass is 14.9. The maximum absolute atomic E-state index is 3.57. The first-order valence-electron chi connectivity index (χ1n) is 6.54. The second kappa shape index (κ2) is 5.49. The van der Waals surface area contributed by atoms with Crippen LogP contribution in [0.2, 0.25) is 0 Å². The van der Waals surface area contributed by atoms with E-state index in [0.717, 1.165) is 6.04 Å². The van der Waals surface area contributed by atoms with Crippen LogP contribution in [0.25, 0.3) is 0 Å². The average molecular weight is 217 g/mol. The fourth-order valence-corrected chi connectivity index (χ4v) is 2.26. The van der Waals surface area contributed by atoms with Crippen LogP contribution in [0.3, 0.4) is 0 Å². The lowest BCUT2D eigenvalue weighted by molar-refractivity contribution is 0.619. The molecule has 1 aromatic carbocycles. The Hall–Kier alpha value is -0.820. The fraction of sp³-hybridized carbons (Fsp3) is 0.600. The van der Waals surface area contributed by atoms with Crippen LogP contribution in [0.15, 0.2) is 18.2 Å². The number of hydrogen-bond acceptors (Lipinski definition) is 1. The molecule has 1 aliphatic carbocycles. The molecule has 1 fully saturated rings. The first-order chi connectivity index (χ1) is 7.74. The largest absolute Gasteiger partial charge is 0.314 e. The predicted octanol–water partition coefficient (Wildman–Crippen LogP) is 3.38. The van der Waals surface area contributed by atoms with Gasteiger partial charge >= 0.3 is 0 Å². The van der Waals surface area contributed by atoms with Crippen molar-refractivity contribution in [3.8, 4) is 0 Å². The zero-order valence-electron chi connectivity index (χ0n) is 10.6. The first-order valence-corrected chi connectivity index (χ1v) is 6.54. The van der Waals surface area contributed by atoms with E-state index in [-0.39, 0.29) is 0 Å². The van der Waals surface area contributed by atoms with Gasteiger partial charge in [-0.1, -0.05) is 29.3 Å². The van der Waals surface area contributed by atoms with Crippen LogP contribution in [0, 0.1) is 13.8 Å². The van der Waals surface area contributed by atoms with E-state index in [1.54, 1.807) is 0 Å². The molecule has 1 heteroatoms. The van der Waals surface area contributed by atoms with Crippen LogP contribution in [0.1, 0.15) is 42.4 Å². The number of rotatable bonds is 6. The number of unbranched alkanes of at least 4 members (excludes halogenated alkanes) is 1. The molecule has 1 aliphatic rings. The van der Waals surface area contributed by atoms with Crippen molar-refractivity contribution in [2.45, 2.75) is 52.0 Å². The van der Waals surface area contributed by atoms with E-state index in [9.17, 15) is 0 Å². The van der Waals surface area contributed by atoms with Gasteiger partial charge in [-0.05, 0) is 58.1 Å². The first kappa shape index (κ1) is 11.7. The molecule has 1 saturated carbocycles. The summed E-state index contributed by atoms with van der Waals surface area (Å²) in [6.07, 6.45) is 6.65. The van der Waals surface area contributed by atoms with Crippen molar-refractivity contribution in [2.75, 3.05) is 6.54 Å². The zero-order valence-corrected chi connectivity index (χ0v) is 10.6. The van der Waals surface area contributed by atoms with Crippen LogP contribution in [0.4, 0.5) is 0 Å². The zero-order chi connectivity index (χ0) is 11.4. The summed E-state index contributed by atoms with van der Waals surface area (Å²) in [4.78, 5) is 0.